The van der Waals surface area contributed by atoms with Crippen LogP contribution in [0.3, 0.4) is 0 Å². The standard InChI is InChI=1S/C9H16O3/c1-9(2)7(10)4-5-8(9)12-6-11-3/h4-5,7-8,10H,6H2,1-3H3/t7?,8-/m0/s1. The van der Waals surface area contributed by atoms with Gasteiger partial charge in [-0.3, -0.25) is 0 Å². The van der Waals surface area contributed by atoms with E-state index in [1.165, 1.54) is 0 Å². The fraction of sp³-hybridized carbons (Fsp3) is 0.778. The summed E-state index contributed by atoms with van der Waals surface area (Å²) in [5.41, 5.74) is -0.238. The molecule has 1 rings (SSSR count). The molecule has 2 atom stereocenters. The number of hydrogen-bond donors (Lipinski definition) is 1. The van der Waals surface area contributed by atoms with E-state index in [0.717, 1.165) is 0 Å². The molecule has 0 aromatic carbocycles. The topological polar surface area (TPSA) is 38.7 Å². The van der Waals surface area contributed by atoms with Gasteiger partial charge in [-0.05, 0) is 0 Å². The van der Waals surface area contributed by atoms with Gasteiger partial charge >= 0.3 is 0 Å². The molecule has 0 spiro atoms. The van der Waals surface area contributed by atoms with Crippen molar-refractivity contribution >= 4 is 0 Å². The molecule has 0 bridgehead atoms. The van der Waals surface area contributed by atoms with Crippen LogP contribution < -0.4 is 0 Å². The van der Waals surface area contributed by atoms with Crippen molar-refractivity contribution in [2.24, 2.45) is 5.41 Å². The first-order valence-electron chi connectivity index (χ1n) is 4.06. The lowest BCUT2D eigenvalue weighted by molar-refractivity contribution is -0.103. The maximum absolute atomic E-state index is 9.52. The normalized spacial score (nSPS) is 32.7. The number of hydrogen-bond acceptors (Lipinski definition) is 3. The molecule has 0 aromatic heterocycles. The van der Waals surface area contributed by atoms with Gasteiger partial charge in [-0.2, -0.15) is 0 Å². The summed E-state index contributed by atoms with van der Waals surface area (Å²) < 4.78 is 10.2. The lowest BCUT2D eigenvalue weighted by Crippen LogP contribution is -2.35. The maximum Gasteiger partial charge on any atom is 0.147 e. The third-order valence-electron chi connectivity index (χ3n) is 2.33. The molecule has 0 amide bonds. The summed E-state index contributed by atoms with van der Waals surface area (Å²) in [7, 11) is 1.59. The molecule has 0 saturated carbocycles. The summed E-state index contributed by atoms with van der Waals surface area (Å²) in [5.74, 6) is 0. The Morgan fingerprint density at radius 1 is 1.42 bits per heavy atom. The van der Waals surface area contributed by atoms with Gasteiger partial charge in [0.2, 0.25) is 0 Å². The van der Waals surface area contributed by atoms with Crippen LogP contribution in [0.15, 0.2) is 12.2 Å². The highest BCUT2D eigenvalue weighted by Gasteiger charge is 2.38. The molecule has 0 saturated heterocycles. The van der Waals surface area contributed by atoms with Crippen molar-refractivity contribution < 1.29 is 14.6 Å². The van der Waals surface area contributed by atoms with Gasteiger partial charge in [0, 0.05) is 12.5 Å². The third-order valence-corrected chi connectivity index (χ3v) is 2.33. The first-order valence-corrected chi connectivity index (χ1v) is 4.06. The summed E-state index contributed by atoms with van der Waals surface area (Å²) in [6.45, 7) is 4.21. The summed E-state index contributed by atoms with van der Waals surface area (Å²) >= 11 is 0. The molecule has 12 heavy (non-hydrogen) atoms. The zero-order chi connectivity index (χ0) is 9.19. The van der Waals surface area contributed by atoms with Crippen LogP contribution in [0.4, 0.5) is 0 Å². The quantitative estimate of drug-likeness (QED) is 0.508. The minimum atomic E-state index is -0.417. The van der Waals surface area contributed by atoms with Crippen molar-refractivity contribution in [3.05, 3.63) is 12.2 Å². The van der Waals surface area contributed by atoms with Crippen LogP contribution >= 0.6 is 0 Å². The van der Waals surface area contributed by atoms with E-state index < -0.39 is 6.10 Å². The predicted molar refractivity (Wildman–Crippen MR) is 45.7 cm³/mol. The Bertz CT molecular complexity index is 175. The van der Waals surface area contributed by atoms with Crippen LogP contribution in [0, 0.1) is 5.41 Å². The summed E-state index contributed by atoms with van der Waals surface area (Å²) in [6.07, 6.45) is 3.18. The van der Waals surface area contributed by atoms with Gasteiger partial charge in [-0.1, -0.05) is 26.0 Å². The molecule has 70 valence electrons. The van der Waals surface area contributed by atoms with Crippen LogP contribution in [0.2, 0.25) is 0 Å². The highest BCUT2D eigenvalue weighted by Crippen LogP contribution is 2.34. The Morgan fingerprint density at radius 2 is 2.08 bits per heavy atom. The fourth-order valence-electron chi connectivity index (χ4n) is 1.28. The monoisotopic (exact) mass is 172 g/mol. The lowest BCUT2D eigenvalue weighted by atomic mass is 9.86. The van der Waals surface area contributed by atoms with Crippen LogP contribution in [0.25, 0.3) is 0 Å². The molecule has 0 radical (unpaired) electrons. The Kier molecular flexibility index (Phi) is 2.88. The van der Waals surface area contributed by atoms with E-state index in [4.69, 9.17) is 9.47 Å². The summed E-state index contributed by atoms with van der Waals surface area (Å²) in [6, 6.07) is 0. The van der Waals surface area contributed by atoms with E-state index in [-0.39, 0.29) is 18.3 Å². The minimum absolute atomic E-state index is 0.0487. The maximum atomic E-state index is 9.52. The predicted octanol–water partition coefficient (Wildman–Crippen LogP) is 0.932. The van der Waals surface area contributed by atoms with Gasteiger partial charge in [0.1, 0.15) is 6.79 Å². The average molecular weight is 172 g/mol. The largest absolute Gasteiger partial charge is 0.388 e. The Morgan fingerprint density at radius 3 is 2.50 bits per heavy atom. The van der Waals surface area contributed by atoms with E-state index in [0.29, 0.717) is 0 Å². The van der Waals surface area contributed by atoms with Crippen LogP contribution in [0.1, 0.15) is 13.8 Å². The van der Waals surface area contributed by atoms with Gasteiger partial charge in [-0.25, -0.2) is 0 Å². The highest BCUT2D eigenvalue weighted by molar-refractivity contribution is 5.13. The molecule has 3 heteroatoms. The third kappa shape index (κ3) is 1.68. The Labute approximate surface area is 73.0 Å². The van der Waals surface area contributed by atoms with Gasteiger partial charge in [0.25, 0.3) is 0 Å². The van der Waals surface area contributed by atoms with Crippen LogP contribution in [-0.4, -0.2) is 31.2 Å². The van der Waals surface area contributed by atoms with Crippen LogP contribution in [0.5, 0.6) is 0 Å². The first-order chi connectivity index (χ1) is 5.59. The Hall–Kier alpha value is -0.380. The van der Waals surface area contributed by atoms with Crippen molar-refractivity contribution in [2.75, 3.05) is 13.9 Å². The molecule has 3 nitrogen and oxygen atoms in total. The van der Waals surface area contributed by atoms with E-state index in [9.17, 15) is 5.11 Å². The second-order valence-electron chi connectivity index (χ2n) is 3.64. The minimum Gasteiger partial charge on any atom is -0.388 e. The van der Waals surface area contributed by atoms with Crippen molar-refractivity contribution in [1.82, 2.24) is 0 Å². The highest BCUT2D eigenvalue weighted by atomic mass is 16.7. The van der Waals surface area contributed by atoms with E-state index >= 15 is 0 Å². The van der Waals surface area contributed by atoms with E-state index in [2.05, 4.69) is 0 Å². The zero-order valence-corrected chi connectivity index (χ0v) is 7.78. The molecule has 0 aromatic rings. The molecule has 1 N–H and O–H groups in total. The number of methoxy groups -OCH3 is 1. The number of aliphatic hydroxyl groups is 1. The van der Waals surface area contributed by atoms with Crippen molar-refractivity contribution in [1.29, 1.82) is 0 Å². The molecular formula is C9H16O3. The summed E-state index contributed by atoms with van der Waals surface area (Å²) in [5, 5.41) is 9.52. The number of aliphatic hydroxyl groups excluding tert-OH is 1. The number of rotatable bonds is 3. The molecular weight excluding hydrogens is 156 g/mol. The molecule has 1 aliphatic carbocycles. The smallest absolute Gasteiger partial charge is 0.147 e. The van der Waals surface area contributed by atoms with Gasteiger partial charge in [-0.15, -0.1) is 0 Å². The fourth-order valence-corrected chi connectivity index (χ4v) is 1.28. The van der Waals surface area contributed by atoms with Crippen molar-refractivity contribution in [2.45, 2.75) is 26.1 Å². The van der Waals surface area contributed by atoms with Gasteiger partial charge < -0.3 is 14.6 Å². The molecule has 1 aliphatic rings. The molecule has 0 aliphatic heterocycles. The van der Waals surface area contributed by atoms with Crippen molar-refractivity contribution in [3.63, 3.8) is 0 Å². The lowest BCUT2D eigenvalue weighted by Gasteiger charge is -2.29. The van der Waals surface area contributed by atoms with Gasteiger partial charge in [0.05, 0.1) is 12.2 Å². The molecule has 1 unspecified atom stereocenters. The first kappa shape index (κ1) is 9.71. The summed E-state index contributed by atoms with van der Waals surface area (Å²) in [4.78, 5) is 0. The molecule has 0 fully saturated rings. The van der Waals surface area contributed by atoms with Gasteiger partial charge in [0.15, 0.2) is 0 Å². The molecule has 0 heterocycles. The van der Waals surface area contributed by atoms with Crippen LogP contribution in [-0.2, 0) is 9.47 Å². The Balaban J connectivity index is 2.50. The SMILES string of the molecule is COCO[C@H]1C=CC(O)C1(C)C. The number of ether oxygens (including phenoxy) is 2. The second kappa shape index (κ2) is 3.56. The van der Waals surface area contributed by atoms with Crippen molar-refractivity contribution in [3.8, 4) is 0 Å². The second-order valence-corrected chi connectivity index (χ2v) is 3.64. The van der Waals surface area contributed by atoms with E-state index in [1.54, 1.807) is 13.2 Å². The average Bonchev–Trinajstić information content (AvgIpc) is 2.25. The zero-order valence-electron chi connectivity index (χ0n) is 7.78. The van der Waals surface area contributed by atoms with E-state index in [1.807, 2.05) is 19.9 Å².